The van der Waals surface area contributed by atoms with Crippen molar-refractivity contribution < 1.29 is 9.53 Å². The van der Waals surface area contributed by atoms with Gasteiger partial charge in [0.15, 0.2) is 0 Å². The van der Waals surface area contributed by atoms with E-state index in [1.54, 1.807) is 7.11 Å². The van der Waals surface area contributed by atoms with Crippen LogP contribution in [0.25, 0.3) is 0 Å². The summed E-state index contributed by atoms with van der Waals surface area (Å²) in [5, 5.41) is 4.97. The van der Waals surface area contributed by atoms with Gasteiger partial charge >= 0.3 is 0 Å². The molecular weight excluding hydrogens is 308 g/mol. The third-order valence-corrected chi connectivity index (χ3v) is 4.80. The minimum absolute atomic E-state index is 0.0138. The van der Waals surface area contributed by atoms with Crippen LogP contribution in [0.5, 0.6) is 5.75 Å². The first-order valence-electron chi connectivity index (χ1n) is 7.89. The van der Waals surface area contributed by atoms with E-state index in [4.69, 9.17) is 4.74 Å². The summed E-state index contributed by atoms with van der Waals surface area (Å²) in [6.45, 7) is 6.70. The Bertz CT molecular complexity index is 609. The lowest BCUT2D eigenvalue weighted by Crippen LogP contribution is -2.37. The van der Waals surface area contributed by atoms with Crippen LogP contribution in [0.2, 0.25) is 0 Å². The molecule has 124 valence electrons. The summed E-state index contributed by atoms with van der Waals surface area (Å²) in [5.74, 6) is 0.823. The van der Waals surface area contributed by atoms with Gasteiger partial charge in [-0.1, -0.05) is 32.0 Å². The third-order valence-electron chi connectivity index (χ3n) is 3.93. The normalized spacial score (nSPS) is 12.2. The molecule has 0 fully saturated rings. The quantitative estimate of drug-likeness (QED) is 0.803. The lowest BCUT2D eigenvalue weighted by molar-refractivity contribution is 0.0939. The minimum Gasteiger partial charge on any atom is -0.497 e. The summed E-state index contributed by atoms with van der Waals surface area (Å²) < 4.78 is 5.33. The molecule has 1 aromatic carbocycles. The molecule has 0 aliphatic carbocycles. The number of nitrogens with one attached hydrogen (secondary N) is 1. The van der Waals surface area contributed by atoms with Gasteiger partial charge in [-0.05, 0) is 42.2 Å². The highest BCUT2D eigenvalue weighted by atomic mass is 32.1. The van der Waals surface area contributed by atoms with Gasteiger partial charge in [0.1, 0.15) is 5.75 Å². The number of thiophene rings is 1. The van der Waals surface area contributed by atoms with Crippen LogP contribution < -0.4 is 10.1 Å². The number of methoxy groups -OCH3 is 1. The summed E-state index contributed by atoms with van der Waals surface area (Å²) in [7, 11) is 1.67. The van der Waals surface area contributed by atoms with Crippen molar-refractivity contribution in [2.45, 2.75) is 19.9 Å². The first kappa shape index (κ1) is 17.5. The monoisotopic (exact) mass is 332 g/mol. The molecule has 1 atom stereocenters. The van der Waals surface area contributed by atoms with E-state index in [2.05, 4.69) is 30.1 Å². The van der Waals surface area contributed by atoms with E-state index in [-0.39, 0.29) is 11.9 Å². The number of carbonyl (C=O) groups excluding carboxylic acids is 1. The standard InChI is InChI=1S/C18H24N2O2S/c1-4-20(5-2)16(14-8-6-9-15(12-14)22-3)13-19-18(21)17-10-7-11-23-17/h6-12,16H,4-5,13H2,1-3H3,(H,19,21). The predicted molar refractivity (Wildman–Crippen MR) is 95.3 cm³/mol. The van der Waals surface area contributed by atoms with Crippen LogP contribution in [-0.2, 0) is 0 Å². The Morgan fingerprint density at radius 1 is 1.26 bits per heavy atom. The molecule has 2 aromatic rings. The predicted octanol–water partition coefficient (Wildman–Crippen LogP) is 3.57. The van der Waals surface area contributed by atoms with Crippen molar-refractivity contribution in [1.82, 2.24) is 10.2 Å². The molecule has 2 rings (SSSR count). The van der Waals surface area contributed by atoms with Crippen LogP contribution in [0, 0.1) is 0 Å². The number of benzene rings is 1. The van der Waals surface area contributed by atoms with Gasteiger partial charge in [-0.2, -0.15) is 0 Å². The van der Waals surface area contributed by atoms with E-state index >= 15 is 0 Å². The molecule has 0 aliphatic heterocycles. The van der Waals surface area contributed by atoms with Crippen LogP contribution in [0.1, 0.15) is 35.1 Å². The molecular formula is C18H24N2O2S. The van der Waals surface area contributed by atoms with Crippen LogP contribution in [-0.4, -0.2) is 37.6 Å². The summed E-state index contributed by atoms with van der Waals surface area (Å²) in [6.07, 6.45) is 0. The van der Waals surface area contributed by atoms with E-state index in [1.165, 1.54) is 11.3 Å². The fraction of sp³-hybridized carbons (Fsp3) is 0.389. The first-order chi connectivity index (χ1) is 11.2. The van der Waals surface area contributed by atoms with Crippen molar-refractivity contribution in [3.05, 3.63) is 52.2 Å². The maximum atomic E-state index is 12.2. The highest BCUT2D eigenvalue weighted by molar-refractivity contribution is 7.12. The molecule has 5 heteroatoms. The van der Waals surface area contributed by atoms with Gasteiger partial charge < -0.3 is 10.1 Å². The molecule has 0 spiro atoms. The minimum atomic E-state index is -0.0138. The molecule has 0 aliphatic rings. The fourth-order valence-electron chi connectivity index (χ4n) is 2.66. The lowest BCUT2D eigenvalue weighted by Gasteiger charge is -2.30. The SMILES string of the molecule is CCN(CC)C(CNC(=O)c1cccs1)c1cccc(OC)c1. The summed E-state index contributed by atoms with van der Waals surface area (Å²) in [4.78, 5) is 15.3. The highest BCUT2D eigenvalue weighted by Gasteiger charge is 2.20. The Hall–Kier alpha value is -1.85. The Morgan fingerprint density at radius 2 is 2.04 bits per heavy atom. The van der Waals surface area contributed by atoms with Crippen LogP contribution in [0.4, 0.5) is 0 Å². The topological polar surface area (TPSA) is 41.6 Å². The number of hydrogen-bond donors (Lipinski definition) is 1. The fourth-order valence-corrected chi connectivity index (χ4v) is 3.30. The third kappa shape index (κ3) is 4.56. The van der Waals surface area contributed by atoms with E-state index in [9.17, 15) is 4.79 Å². The Morgan fingerprint density at radius 3 is 2.65 bits per heavy atom. The van der Waals surface area contributed by atoms with E-state index in [1.807, 2.05) is 35.7 Å². The number of hydrogen-bond acceptors (Lipinski definition) is 4. The number of carbonyl (C=O) groups is 1. The van der Waals surface area contributed by atoms with Gasteiger partial charge in [-0.15, -0.1) is 11.3 Å². The molecule has 0 radical (unpaired) electrons. The van der Waals surface area contributed by atoms with Gasteiger partial charge in [0.05, 0.1) is 18.0 Å². The molecule has 4 nitrogen and oxygen atoms in total. The molecule has 1 unspecified atom stereocenters. The van der Waals surface area contributed by atoms with Crippen molar-refractivity contribution in [2.24, 2.45) is 0 Å². The molecule has 1 N–H and O–H groups in total. The average Bonchev–Trinajstić information content (AvgIpc) is 3.13. The van der Waals surface area contributed by atoms with Gasteiger partial charge in [-0.3, -0.25) is 9.69 Å². The van der Waals surface area contributed by atoms with Gasteiger partial charge in [0, 0.05) is 6.54 Å². The van der Waals surface area contributed by atoms with Crippen LogP contribution in [0.3, 0.4) is 0 Å². The number of amides is 1. The Balaban J connectivity index is 2.15. The summed E-state index contributed by atoms with van der Waals surface area (Å²) in [5.41, 5.74) is 1.15. The van der Waals surface area contributed by atoms with Crippen molar-refractivity contribution >= 4 is 17.2 Å². The molecule has 1 heterocycles. The van der Waals surface area contributed by atoms with Gasteiger partial charge in [0.25, 0.3) is 5.91 Å². The summed E-state index contributed by atoms with van der Waals surface area (Å²) >= 11 is 1.46. The van der Waals surface area contributed by atoms with Crippen molar-refractivity contribution in [3.63, 3.8) is 0 Å². The molecule has 1 aromatic heterocycles. The second-order valence-corrected chi connectivity index (χ2v) is 6.15. The molecule has 23 heavy (non-hydrogen) atoms. The number of likely N-dealkylation sites (N-methyl/N-ethyl adjacent to an activating group) is 1. The zero-order chi connectivity index (χ0) is 16.7. The second kappa shape index (κ2) is 8.70. The summed E-state index contributed by atoms with van der Waals surface area (Å²) in [6, 6.07) is 11.9. The molecule has 0 saturated carbocycles. The maximum absolute atomic E-state index is 12.2. The molecule has 1 amide bonds. The van der Waals surface area contributed by atoms with E-state index in [0.29, 0.717) is 6.54 Å². The highest BCUT2D eigenvalue weighted by Crippen LogP contribution is 2.24. The van der Waals surface area contributed by atoms with E-state index < -0.39 is 0 Å². The first-order valence-corrected chi connectivity index (χ1v) is 8.77. The van der Waals surface area contributed by atoms with Crippen molar-refractivity contribution in [2.75, 3.05) is 26.7 Å². The number of ether oxygens (including phenoxy) is 1. The zero-order valence-electron chi connectivity index (χ0n) is 13.9. The van der Waals surface area contributed by atoms with Crippen LogP contribution in [0.15, 0.2) is 41.8 Å². The number of nitrogens with zero attached hydrogens (tertiary/aromatic N) is 1. The van der Waals surface area contributed by atoms with Crippen LogP contribution >= 0.6 is 11.3 Å². The maximum Gasteiger partial charge on any atom is 0.261 e. The average molecular weight is 332 g/mol. The Kier molecular flexibility index (Phi) is 6.62. The van der Waals surface area contributed by atoms with Gasteiger partial charge in [0.2, 0.25) is 0 Å². The Labute approximate surface area is 142 Å². The molecule has 0 saturated heterocycles. The lowest BCUT2D eigenvalue weighted by atomic mass is 10.0. The van der Waals surface area contributed by atoms with E-state index in [0.717, 1.165) is 29.3 Å². The molecule has 0 bridgehead atoms. The van der Waals surface area contributed by atoms with Crippen molar-refractivity contribution in [1.29, 1.82) is 0 Å². The zero-order valence-corrected chi connectivity index (χ0v) is 14.7. The smallest absolute Gasteiger partial charge is 0.261 e. The van der Waals surface area contributed by atoms with Gasteiger partial charge in [-0.25, -0.2) is 0 Å². The van der Waals surface area contributed by atoms with Crippen molar-refractivity contribution in [3.8, 4) is 5.75 Å². The largest absolute Gasteiger partial charge is 0.497 e. The number of rotatable bonds is 8. The second-order valence-electron chi connectivity index (χ2n) is 5.20.